The molecule has 2 heterocycles. The average Bonchev–Trinajstić information content (AvgIpc) is 2.66. The summed E-state index contributed by atoms with van der Waals surface area (Å²) in [5, 5.41) is 14.1. The molecular formula is C20H23N3O7. The van der Waals surface area contributed by atoms with Crippen LogP contribution >= 0.6 is 0 Å². The smallest absolute Gasteiger partial charge is 0.410 e. The highest BCUT2D eigenvalue weighted by atomic mass is 16.6. The summed E-state index contributed by atoms with van der Waals surface area (Å²) in [5.41, 5.74) is -1.57. The van der Waals surface area contributed by atoms with Gasteiger partial charge in [-0.15, -0.1) is 0 Å². The van der Waals surface area contributed by atoms with Gasteiger partial charge in [-0.3, -0.25) is 14.9 Å². The summed E-state index contributed by atoms with van der Waals surface area (Å²) in [6, 6.07) is 4.67. The summed E-state index contributed by atoms with van der Waals surface area (Å²) in [7, 11) is 0. The fourth-order valence-electron chi connectivity index (χ4n) is 3.25. The minimum absolute atomic E-state index is 0.144. The number of likely N-dealkylation sites (tertiary alicyclic amines) is 1. The van der Waals surface area contributed by atoms with Gasteiger partial charge in [0.2, 0.25) is 0 Å². The number of nitrogens with one attached hydrogen (secondary N) is 1. The van der Waals surface area contributed by atoms with E-state index >= 15 is 0 Å². The van der Waals surface area contributed by atoms with Crippen LogP contribution in [0.4, 0.5) is 10.5 Å². The fraction of sp³-hybridized carbons (Fsp3) is 0.450. The van der Waals surface area contributed by atoms with Gasteiger partial charge in [0, 0.05) is 31.3 Å². The van der Waals surface area contributed by atoms with Crippen molar-refractivity contribution >= 4 is 28.5 Å². The number of benzene rings is 1. The van der Waals surface area contributed by atoms with E-state index in [0.29, 0.717) is 19.4 Å². The Balaban J connectivity index is 1.75. The zero-order valence-electron chi connectivity index (χ0n) is 17.0. The standard InChI is InChI=1S/C20H23N3O7/c1-20(2,3)30-19(26)22-8-4-5-13(11-22)21-17(24)16-10-12-9-14(23(27)28)6-7-15(12)18(25)29-16/h6-7,9-10,13H,4-5,8,11H2,1-3H3,(H,21,24). The number of carbonyl (C=O) groups excluding carboxylic acids is 2. The fourth-order valence-corrected chi connectivity index (χ4v) is 3.25. The van der Waals surface area contributed by atoms with Crippen molar-refractivity contribution in [2.24, 2.45) is 0 Å². The highest BCUT2D eigenvalue weighted by Gasteiger charge is 2.29. The number of non-ortho nitro benzene ring substituents is 1. The summed E-state index contributed by atoms with van der Waals surface area (Å²) in [4.78, 5) is 49.0. The Morgan fingerprint density at radius 3 is 2.70 bits per heavy atom. The molecule has 1 aliphatic heterocycles. The van der Waals surface area contributed by atoms with E-state index in [1.807, 2.05) is 0 Å². The van der Waals surface area contributed by atoms with E-state index in [-0.39, 0.29) is 34.8 Å². The van der Waals surface area contributed by atoms with E-state index < -0.39 is 28.2 Å². The third-order valence-corrected chi connectivity index (χ3v) is 4.59. The van der Waals surface area contributed by atoms with Crippen molar-refractivity contribution in [3.63, 3.8) is 0 Å². The molecule has 2 aromatic rings. The van der Waals surface area contributed by atoms with E-state index in [2.05, 4.69) is 5.32 Å². The molecule has 1 aliphatic rings. The predicted octanol–water partition coefficient (Wildman–Crippen LogP) is 2.83. The number of piperidine rings is 1. The quantitative estimate of drug-likeness (QED) is 0.600. The molecule has 1 saturated heterocycles. The molecule has 1 atom stereocenters. The van der Waals surface area contributed by atoms with Gasteiger partial charge in [-0.1, -0.05) is 0 Å². The maximum absolute atomic E-state index is 12.6. The number of nitro groups is 1. The van der Waals surface area contributed by atoms with Crippen LogP contribution in [-0.4, -0.2) is 46.6 Å². The zero-order valence-corrected chi connectivity index (χ0v) is 17.0. The Morgan fingerprint density at radius 1 is 1.30 bits per heavy atom. The summed E-state index contributed by atoms with van der Waals surface area (Å²) < 4.78 is 10.5. The Hall–Kier alpha value is -3.43. The van der Waals surface area contributed by atoms with Crippen LogP contribution in [0, 0.1) is 10.1 Å². The summed E-state index contributed by atoms with van der Waals surface area (Å²) >= 11 is 0. The first-order valence-corrected chi connectivity index (χ1v) is 9.54. The highest BCUT2D eigenvalue weighted by molar-refractivity contribution is 5.95. The van der Waals surface area contributed by atoms with Gasteiger partial charge in [0.05, 0.1) is 10.3 Å². The second-order valence-corrected chi connectivity index (χ2v) is 8.17. The van der Waals surface area contributed by atoms with Crippen LogP contribution in [0.25, 0.3) is 10.8 Å². The molecule has 1 aromatic carbocycles. The van der Waals surface area contributed by atoms with Crippen molar-refractivity contribution < 1.29 is 23.7 Å². The SMILES string of the molecule is CC(C)(C)OC(=O)N1CCCC(NC(=O)c2cc3cc([N+](=O)[O-])ccc3c(=O)o2)C1. The molecule has 10 heteroatoms. The van der Waals surface area contributed by atoms with Crippen LogP contribution in [0.3, 0.4) is 0 Å². The van der Waals surface area contributed by atoms with Crippen molar-refractivity contribution in [3.8, 4) is 0 Å². The maximum Gasteiger partial charge on any atom is 0.410 e. The lowest BCUT2D eigenvalue weighted by Gasteiger charge is -2.34. The number of amides is 2. The third-order valence-electron chi connectivity index (χ3n) is 4.59. The minimum Gasteiger partial charge on any atom is -0.444 e. The number of carbonyl (C=O) groups is 2. The van der Waals surface area contributed by atoms with Crippen molar-refractivity contribution in [2.75, 3.05) is 13.1 Å². The maximum atomic E-state index is 12.6. The Morgan fingerprint density at radius 2 is 2.03 bits per heavy atom. The number of fused-ring (bicyclic) bond motifs is 1. The lowest BCUT2D eigenvalue weighted by molar-refractivity contribution is -0.384. The van der Waals surface area contributed by atoms with Crippen LogP contribution in [0.5, 0.6) is 0 Å². The molecule has 0 aliphatic carbocycles. The second kappa shape index (κ2) is 8.13. The molecule has 3 rings (SSSR count). The lowest BCUT2D eigenvalue weighted by Crippen LogP contribution is -2.50. The Labute approximate surface area is 171 Å². The summed E-state index contributed by atoms with van der Waals surface area (Å²) in [6.07, 6.45) is 0.873. The first-order chi connectivity index (χ1) is 14.0. The van der Waals surface area contributed by atoms with Crippen molar-refractivity contribution in [3.05, 3.63) is 50.6 Å². The molecular weight excluding hydrogens is 394 g/mol. The van der Waals surface area contributed by atoms with Gasteiger partial charge in [-0.25, -0.2) is 9.59 Å². The molecule has 0 saturated carbocycles. The highest BCUT2D eigenvalue weighted by Crippen LogP contribution is 2.20. The van der Waals surface area contributed by atoms with Crippen LogP contribution in [-0.2, 0) is 4.74 Å². The molecule has 0 radical (unpaired) electrons. The molecule has 1 fully saturated rings. The second-order valence-electron chi connectivity index (χ2n) is 8.17. The van der Waals surface area contributed by atoms with E-state index in [9.17, 15) is 24.5 Å². The van der Waals surface area contributed by atoms with Gasteiger partial charge in [0.1, 0.15) is 5.60 Å². The number of ether oxygens (including phenoxy) is 1. The van der Waals surface area contributed by atoms with Gasteiger partial charge in [0.25, 0.3) is 11.6 Å². The van der Waals surface area contributed by atoms with Crippen molar-refractivity contribution in [1.29, 1.82) is 0 Å². The lowest BCUT2D eigenvalue weighted by atomic mass is 10.1. The summed E-state index contributed by atoms with van der Waals surface area (Å²) in [6.45, 7) is 6.13. The first-order valence-electron chi connectivity index (χ1n) is 9.54. The van der Waals surface area contributed by atoms with Crippen LogP contribution < -0.4 is 10.9 Å². The van der Waals surface area contributed by atoms with Crippen molar-refractivity contribution in [2.45, 2.75) is 45.3 Å². The number of nitro benzene ring substituents is 1. The molecule has 0 bridgehead atoms. The monoisotopic (exact) mass is 417 g/mol. The van der Waals surface area contributed by atoms with Crippen LogP contribution in [0.2, 0.25) is 0 Å². The minimum atomic E-state index is -0.758. The van der Waals surface area contributed by atoms with E-state index in [1.165, 1.54) is 29.2 Å². The molecule has 0 spiro atoms. The summed E-state index contributed by atoms with van der Waals surface area (Å²) in [5.74, 6) is -0.876. The first kappa shape index (κ1) is 21.3. The van der Waals surface area contributed by atoms with Gasteiger partial charge in [-0.2, -0.15) is 0 Å². The molecule has 1 N–H and O–H groups in total. The van der Waals surface area contributed by atoms with Gasteiger partial charge in [0.15, 0.2) is 5.76 Å². The number of hydrogen-bond acceptors (Lipinski definition) is 7. The largest absolute Gasteiger partial charge is 0.444 e. The van der Waals surface area contributed by atoms with Gasteiger partial charge < -0.3 is 19.4 Å². The molecule has 1 unspecified atom stereocenters. The zero-order chi connectivity index (χ0) is 22.1. The molecule has 1 aromatic heterocycles. The molecule has 30 heavy (non-hydrogen) atoms. The van der Waals surface area contributed by atoms with E-state index in [4.69, 9.17) is 9.15 Å². The van der Waals surface area contributed by atoms with Crippen molar-refractivity contribution in [1.82, 2.24) is 10.2 Å². The number of rotatable bonds is 3. The Bertz CT molecular complexity index is 1050. The third kappa shape index (κ3) is 4.94. The Kier molecular flexibility index (Phi) is 5.77. The number of hydrogen-bond donors (Lipinski definition) is 1. The van der Waals surface area contributed by atoms with E-state index in [1.54, 1.807) is 20.8 Å². The molecule has 160 valence electrons. The van der Waals surface area contributed by atoms with Gasteiger partial charge >= 0.3 is 11.7 Å². The normalized spacial score (nSPS) is 16.9. The van der Waals surface area contributed by atoms with E-state index in [0.717, 1.165) is 0 Å². The predicted molar refractivity (Wildman–Crippen MR) is 107 cm³/mol. The average molecular weight is 417 g/mol. The molecule has 2 amide bonds. The van der Waals surface area contributed by atoms with Crippen LogP contribution in [0.1, 0.15) is 44.2 Å². The van der Waals surface area contributed by atoms with Crippen LogP contribution in [0.15, 0.2) is 33.5 Å². The molecule has 10 nitrogen and oxygen atoms in total. The van der Waals surface area contributed by atoms with Gasteiger partial charge in [-0.05, 0) is 51.1 Å². The number of nitrogens with zero attached hydrogens (tertiary/aromatic N) is 2. The topological polar surface area (TPSA) is 132 Å².